The van der Waals surface area contributed by atoms with Crippen molar-refractivity contribution in [2.75, 3.05) is 5.32 Å². The van der Waals surface area contributed by atoms with Gasteiger partial charge in [-0.15, -0.1) is 0 Å². The first-order chi connectivity index (χ1) is 12.8. The van der Waals surface area contributed by atoms with Crippen LogP contribution in [0.2, 0.25) is 0 Å². The summed E-state index contributed by atoms with van der Waals surface area (Å²) < 4.78 is 8.46. The van der Waals surface area contributed by atoms with Crippen LogP contribution < -0.4 is 11.1 Å². The van der Waals surface area contributed by atoms with Gasteiger partial charge in [0.1, 0.15) is 5.82 Å². The van der Waals surface area contributed by atoms with Gasteiger partial charge in [0, 0.05) is 24.3 Å². The molecule has 0 radical (unpaired) electrons. The number of carbonyl (C=O) groups is 1. The monoisotopic (exact) mass is 364 g/mol. The smallest absolute Gasteiger partial charge is 0.408 e. The van der Waals surface area contributed by atoms with Crippen LogP contribution in [-0.2, 0) is 12.5 Å². The Morgan fingerprint density at radius 2 is 1.93 bits per heavy atom. The van der Waals surface area contributed by atoms with Gasteiger partial charge in [0.15, 0.2) is 11.3 Å². The summed E-state index contributed by atoms with van der Waals surface area (Å²) in [5, 5.41) is 2.87. The van der Waals surface area contributed by atoms with Crippen molar-refractivity contribution in [3.8, 4) is 0 Å². The van der Waals surface area contributed by atoms with Gasteiger partial charge < -0.3 is 14.1 Å². The van der Waals surface area contributed by atoms with Gasteiger partial charge in [0.05, 0.1) is 11.0 Å². The Morgan fingerprint density at radius 1 is 1.15 bits per heavy atom. The number of pyridine rings is 1. The Kier molecular flexibility index (Phi) is 3.69. The number of aryl methyl sites for hydroxylation is 1. The molecule has 0 aliphatic carbocycles. The van der Waals surface area contributed by atoms with E-state index in [1.54, 1.807) is 25.2 Å². The molecule has 1 amide bonds. The molecule has 27 heavy (non-hydrogen) atoms. The summed E-state index contributed by atoms with van der Waals surface area (Å²) in [6.07, 6.45) is 1.91. The molecule has 0 atom stereocenters. The fourth-order valence-electron chi connectivity index (χ4n) is 3.13. The zero-order chi connectivity index (χ0) is 19.3. The molecule has 0 unspecified atom stereocenters. The van der Waals surface area contributed by atoms with Crippen molar-refractivity contribution in [3.05, 3.63) is 64.7 Å². The number of aromatic nitrogens is 3. The number of nitrogens with one attached hydrogen (secondary N) is 1. The molecule has 4 aromatic rings. The fraction of sp³-hybridized carbons (Fsp3) is 0.250. The Morgan fingerprint density at radius 3 is 2.67 bits per heavy atom. The second-order valence-electron chi connectivity index (χ2n) is 7.55. The first-order valence-electron chi connectivity index (χ1n) is 8.64. The molecule has 0 spiro atoms. The van der Waals surface area contributed by atoms with Crippen molar-refractivity contribution in [1.82, 2.24) is 14.0 Å². The van der Waals surface area contributed by atoms with E-state index in [0.29, 0.717) is 22.5 Å². The van der Waals surface area contributed by atoms with E-state index in [0.717, 1.165) is 11.3 Å². The summed E-state index contributed by atoms with van der Waals surface area (Å²) in [4.78, 5) is 29.2. The molecule has 3 aromatic heterocycles. The molecule has 0 bridgehead atoms. The molecule has 4 rings (SSSR count). The molecule has 138 valence electrons. The second-order valence-corrected chi connectivity index (χ2v) is 7.55. The van der Waals surface area contributed by atoms with Crippen LogP contribution in [0, 0.1) is 0 Å². The summed E-state index contributed by atoms with van der Waals surface area (Å²) in [6, 6.07) is 10.7. The first-order valence-corrected chi connectivity index (χ1v) is 8.64. The van der Waals surface area contributed by atoms with Gasteiger partial charge in [-0.25, -0.2) is 9.78 Å². The lowest BCUT2D eigenvalue weighted by Gasteiger charge is -2.16. The molecule has 0 fully saturated rings. The normalized spacial score (nSPS) is 12.0. The van der Waals surface area contributed by atoms with Crippen LogP contribution in [0.3, 0.4) is 0 Å². The number of imidazole rings is 1. The van der Waals surface area contributed by atoms with E-state index < -0.39 is 5.76 Å². The SMILES string of the molecule is Cn1c(=O)oc2ccc(NC(=O)c3nc(C(C)(C)C)n4ccccc34)cc21. The predicted molar refractivity (Wildman–Crippen MR) is 103 cm³/mol. The minimum Gasteiger partial charge on any atom is -0.408 e. The van der Waals surface area contributed by atoms with Gasteiger partial charge in [0.2, 0.25) is 0 Å². The van der Waals surface area contributed by atoms with Crippen LogP contribution in [0.5, 0.6) is 0 Å². The lowest BCUT2D eigenvalue weighted by molar-refractivity contribution is 0.102. The summed E-state index contributed by atoms with van der Waals surface area (Å²) in [5.74, 6) is 0.0707. The number of oxazole rings is 1. The molecule has 7 nitrogen and oxygen atoms in total. The average Bonchev–Trinajstić information content (AvgIpc) is 3.14. The number of rotatable bonds is 2. The molecule has 0 aliphatic heterocycles. The molecule has 1 aromatic carbocycles. The van der Waals surface area contributed by atoms with Crippen molar-refractivity contribution in [3.63, 3.8) is 0 Å². The van der Waals surface area contributed by atoms with Crippen LogP contribution in [0.25, 0.3) is 16.6 Å². The van der Waals surface area contributed by atoms with Crippen LogP contribution in [0.15, 0.2) is 51.8 Å². The van der Waals surface area contributed by atoms with Gasteiger partial charge in [0.25, 0.3) is 5.91 Å². The highest BCUT2D eigenvalue weighted by Gasteiger charge is 2.25. The third-order valence-electron chi connectivity index (χ3n) is 4.48. The maximum atomic E-state index is 12.9. The number of hydrogen-bond acceptors (Lipinski definition) is 4. The number of benzene rings is 1. The van der Waals surface area contributed by atoms with Crippen LogP contribution >= 0.6 is 0 Å². The minimum atomic E-state index is -0.441. The fourth-order valence-corrected chi connectivity index (χ4v) is 3.13. The summed E-state index contributed by atoms with van der Waals surface area (Å²) >= 11 is 0. The van der Waals surface area contributed by atoms with Crippen molar-refractivity contribution in [2.45, 2.75) is 26.2 Å². The minimum absolute atomic E-state index is 0.212. The predicted octanol–water partition coefficient (Wildman–Crippen LogP) is 3.33. The highest BCUT2D eigenvalue weighted by atomic mass is 16.4. The zero-order valence-electron chi connectivity index (χ0n) is 15.6. The van der Waals surface area contributed by atoms with E-state index in [1.807, 2.05) is 28.8 Å². The second kappa shape index (κ2) is 5.84. The van der Waals surface area contributed by atoms with Gasteiger partial charge in [-0.05, 0) is 30.3 Å². The summed E-state index contributed by atoms with van der Waals surface area (Å²) in [7, 11) is 1.62. The number of carbonyl (C=O) groups excluding carboxylic acids is 1. The van der Waals surface area contributed by atoms with E-state index >= 15 is 0 Å². The Bertz CT molecular complexity index is 1240. The first kappa shape index (κ1) is 17.1. The molecule has 0 saturated heterocycles. The van der Waals surface area contributed by atoms with Crippen LogP contribution in [0.1, 0.15) is 37.1 Å². The van der Waals surface area contributed by atoms with E-state index in [2.05, 4.69) is 31.1 Å². The third-order valence-corrected chi connectivity index (χ3v) is 4.48. The molecule has 3 heterocycles. The maximum Gasteiger partial charge on any atom is 0.419 e. The topological polar surface area (TPSA) is 81.5 Å². The van der Waals surface area contributed by atoms with Crippen molar-refractivity contribution >= 4 is 28.2 Å². The molecular weight excluding hydrogens is 344 g/mol. The van der Waals surface area contributed by atoms with Gasteiger partial charge in [-0.1, -0.05) is 26.8 Å². The number of amides is 1. The number of anilines is 1. The number of nitrogens with zero attached hydrogens (tertiary/aromatic N) is 3. The highest BCUT2D eigenvalue weighted by molar-refractivity contribution is 6.08. The zero-order valence-corrected chi connectivity index (χ0v) is 15.6. The molecule has 1 N–H and O–H groups in total. The molecule has 0 aliphatic rings. The lowest BCUT2D eigenvalue weighted by atomic mass is 9.96. The van der Waals surface area contributed by atoms with Gasteiger partial charge in [-0.2, -0.15) is 0 Å². The Labute approximate surface area is 155 Å². The standard InChI is InChI=1S/C20H20N4O3/c1-20(2,3)18-22-16(13-7-5-6-10-24(13)18)17(25)21-12-8-9-15-14(11-12)23(4)19(26)27-15/h5-11H,1-4H3,(H,21,25). The highest BCUT2D eigenvalue weighted by Crippen LogP contribution is 2.25. The Balaban J connectivity index is 1.76. The summed E-state index contributed by atoms with van der Waals surface area (Å²) in [6.45, 7) is 6.18. The number of hydrogen-bond donors (Lipinski definition) is 1. The van der Waals surface area contributed by atoms with Crippen molar-refractivity contribution < 1.29 is 9.21 Å². The van der Waals surface area contributed by atoms with Crippen LogP contribution in [-0.4, -0.2) is 19.9 Å². The molecule has 0 saturated carbocycles. The number of fused-ring (bicyclic) bond motifs is 2. The summed E-state index contributed by atoms with van der Waals surface area (Å²) in [5.41, 5.74) is 2.55. The third kappa shape index (κ3) is 2.81. The quantitative estimate of drug-likeness (QED) is 0.591. The largest absolute Gasteiger partial charge is 0.419 e. The van der Waals surface area contributed by atoms with E-state index in [9.17, 15) is 9.59 Å². The van der Waals surface area contributed by atoms with E-state index in [1.165, 1.54) is 4.57 Å². The van der Waals surface area contributed by atoms with E-state index in [4.69, 9.17) is 4.42 Å². The Hall–Kier alpha value is -3.35. The van der Waals surface area contributed by atoms with E-state index in [-0.39, 0.29) is 11.3 Å². The average molecular weight is 364 g/mol. The maximum absolute atomic E-state index is 12.9. The van der Waals surface area contributed by atoms with Gasteiger partial charge >= 0.3 is 5.76 Å². The van der Waals surface area contributed by atoms with Crippen LogP contribution in [0.4, 0.5) is 5.69 Å². The lowest BCUT2D eigenvalue weighted by Crippen LogP contribution is -2.16. The van der Waals surface area contributed by atoms with Crippen molar-refractivity contribution in [2.24, 2.45) is 7.05 Å². The molecule has 7 heteroatoms. The van der Waals surface area contributed by atoms with Crippen molar-refractivity contribution in [1.29, 1.82) is 0 Å². The van der Waals surface area contributed by atoms with Gasteiger partial charge in [-0.3, -0.25) is 9.36 Å². The molecular formula is C20H20N4O3.